The number of hydrogen-bond acceptors (Lipinski definition) is 4. The number of nitrogens with one attached hydrogen (secondary N) is 1. The zero-order chi connectivity index (χ0) is 14.1. The van der Waals surface area contributed by atoms with E-state index in [1.54, 1.807) is 30.5 Å². The van der Waals surface area contributed by atoms with Gasteiger partial charge < -0.3 is 16.2 Å². The summed E-state index contributed by atoms with van der Waals surface area (Å²) in [5, 5.41) is 13.4. The van der Waals surface area contributed by atoms with Crippen LogP contribution in [0, 0.1) is 5.82 Å². The van der Waals surface area contributed by atoms with Gasteiger partial charge in [0.1, 0.15) is 17.4 Å². The van der Waals surface area contributed by atoms with Crippen molar-refractivity contribution in [2.45, 2.75) is 0 Å². The lowest BCUT2D eigenvalue weighted by Crippen LogP contribution is -1.98. The standard InChI is InChI=1S/C15H12FN3O/c16-12-4-5-13(17)11-6-7-18-15(14(11)12)19-9-2-1-3-10(20)8-9/h1-8,20H,17H2,(H,18,19). The highest BCUT2D eigenvalue weighted by molar-refractivity contribution is 6.00. The van der Waals surface area contributed by atoms with Crippen LogP contribution in [0.1, 0.15) is 0 Å². The molecule has 0 aliphatic heterocycles. The lowest BCUT2D eigenvalue weighted by atomic mass is 10.1. The van der Waals surface area contributed by atoms with Crippen molar-refractivity contribution >= 4 is 28.0 Å². The number of benzene rings is 2. The van der Waals surface area contributed by atoms with E-state index in [-0.39, 0.29) is 5.75 Å². The molecule has 4 N–H and O–H groups in total. The third-order valence-corrected chi connectivity index (χ3v) is 3.02. The third kappa shape index (κ3) is 2.09. The first-order valence-corrected chi connectivity index (χ1v) is 6.04. The summed E-state index contributed by atoms with van der Waals surface area (Å²) in [6.45, 7) is 0. The maximum Gasteiger partial charge on any atom is 0.141 e. The summed E-state index contributed by atoms with van der Waals surface area (Å²) in [5.74, 6) is 0.0816. The first-order chi connectivity index (χ1) is 9.65. The molecule has 3 rings (SSSR count). The summed E-state index contributed by atoms with van der Waals surface area (Å²) in [7, 11) is 0. The maximum atomic E-state index is 14.0. The molecule has 1 heterocycles. The van der Waals surface area contributed by atoms with Gasteiger partial charge in [-0.3, -0.25) is 0 Å². The van der Waals surface area contributed by atoms with Crippen LogP contribution in [0.3, 0.4) is 0 Å². The van der Waals surface area contributed by atoms with Crippen LogP contribution >= 0.6 is 0 Å². The quantitative estimate of drug-likeness (QED) is 0.623. The number of pyridine rings is 1. The summed E-state index contributed by atoms with van der Waals surface area (Å²) >= 11 is 0. The first kappa shape index (κ1) is 12.2. The highest BCUT2D eigenvalue weighted by Gasteiger charge is 2.10. The van der Waals surface area contributed by atoms with E-state index >= 15 is 0 Å². The van der Waals surface area contributed by atoms with Gasteiger partial charge in [-0.1, -0.05) is 6.07 Å². The summed E-state index contributed by atoms with van der Waals surface area (Å²) in [6.07, 6.45) is 1.56. The van der Waals surface area contributed by atoms with Crippen molar-refractivity contribution < 1.29 is 9.50 Å². The van der Waals surface area contributed by atoms with Crippen molar-refractivity contribution in [1.82, 2.24) is 4.98 Å². The topological polar surface area (TPSA) is 71.2 Å². The lowest BCUT2D eigenvalue weighted by Gasteiger charge is -2.11. The molecule has 2 aromatic carbocycles. The van der Waals surface area contributed by atoms with Crippen LogP contribution in [0.2, 0.25) is 0 Å². The number of phenols is 1. The van der Waals surface area contributed by atoms with Crippen molar-refractivity contribution in [3.63, 3.8) is 0 Å². The van der Waals surface area contributed by atoms with Gasteiger partial charge in [0.25, 0.3) is 0 Å². The molecule has 0 fully saturated rings. The highest BCUT2D eigenvalue weighted by Crippen LogP contribution is 2.30. The monoisotopic (exact) mass is 269 g/mol. The predicted octanol–water partition coefficient (Wildman–Crippen LogP) is 3.41. The molecular formula is C15H12FN3O. The number of fused-ring (bicyclic) bond motifs is 1. The molecule has 4 nitrogen and oxygen atoms in total. The number of anilines is 3. The fourth-order valence-electron chi connectivity index (χ4n) is 2.10. The Morgan fingerprint density at radius 3 is 2.80 bits per heavy atom. The second-order valence-electron chi connectivity index (χ2n) is 4.39. The van der Waals surface area contributed by atoms with Crippen LogP contribution < -0.4 is 11.1 Å². The van der Waals surface area contributed by atoms with Gasteiger partial charge in [-0.15, -0.1) is 0 Å². The molecule has 0 aliphatic carbocycles. The van der Waals surface area contributed by atoms with Gasteiger partial charge >= 0.3 is 0 Å². The van der Waals surface area contributed by atoms with E-state index in [1.165, 1.54) is 18.2 Å². The van der Waals surface area contributed by atoms with Crippen molar-refractivity contribution in [3.05, 3.63) is 54.5 Å². The predicted molar refractivity (Wildman–Crippen MR) is 77.5 cm³/mol. The van der Waals surface area contributed by atoms with Gasteiger partial charge in [0.15, 0.2) is 0 Å². The smallest absolute Gasteiger partial charge is 0.141 e. The molecule has 100 valence electrons. The van der Waals surface area contributed by atoms with E-state index in [9.17, 15) is 9.50 Å². The normalized spacial score (nSPS) is 10.7. The van der Waals surface area contributed by atoms with Gasteiger partial charge in [0.2, 0.25) is 0 Å². The number of nitrogens with two attached hydrogens (primary N) is 1. The van der Waals surface area contributed by atoms with E-state index in [2.05, 4.69) is 10.3 Å². The van der Waals surface area contributed by atoms with Crippen molar-refractivity contribution in [1.29, 1.82) is 0 Å². The molecule has 0 radical (unpaired) electrons. The number of nitrogens with zero attached hydrogens (tertiary/aromatic N) is 1. The van der Waals surface area contributed by atoms with Gasteiger partial charge in [-0.25, -0.2) is 9.37 Å². The second-order valence-corrected chi connectivity index (χ2v) is 4.39. The zero-order valence-corrected chi connectivity index (χ0v) is 10.5. The van der Waals surface area contributed by atoms with Crippen LogP contribution in [-0.4, -0.2) is 10.1 Å². The lowest BCUT2D eigenvalue weighted by molar-refractivity contribution is 0.475. The van der Waals surface area contributed by atoms with Crippen LogP contribution in [0.25, 0.3) is 10.8 Å². The van der Waals surface area contributed by atoms with E-state index in [4.69, 9.17) is 5.73 Å². The minimum atomic E-state index is -0.398. The Hall–Kier alpha value is -2.82. The number of hydrogen-bond donors (Lipinski definition) is 3. The number of nitrogen functional groups attached to an aromatic ring is 1. The van der Waals surface area contributed by atoms with Crippen LogP contribution in [0.15, 0.2) is 48.7 Å². The first-order valence-electron chi connectivity index (χ1n) is 6.04. The molecule has 0 atom stereocenters. The maximum absolute atomic E-state index is 14.0. The van der Waals surface area contributed by atoms with Gasteiger partial charge in [0, 0.05) is 29.0 Å². The molecule has 0 amide bonds. The molecule has 0 saturated heterocycles. The molecular weight excluding hydrogens is 257 g/mol. The Morgan fingerprint density at radius 2 is 2.00 bits per heavy atom. The molecule has 0 spiro atoms. The summed E-state index contributed by atoms with van der Waals surface area (Å²) in [4.78, 5) is 4.15. The van der Waals surface area contributed by atoms with Gasteiger partial charge in [-0.2, -0.15) is 0 Å². The largest absolute Gasteiger partial charge is 0.508 e. The van der Waals surface area contributed by atoms with Crippen molar-refractivity contribution in [3.8, 4) is 5.75 Å². The number of phenolic OH excluding ortho intramolecular Hbond substituents is 1. The minimum absolute atomic E-state index is 0.121. The molecule has 5 heteroatoms. The summed E-state index contributed by atoms with van der Waals surface area (Å²) < 4.78 is 14.0. The molecule has 1 aromatic heterocycles. The molecule has 0 unspecified atom stereocenters. The van der Waals surface area contributed by atoms with Crippen LogP contribution in [0.4, 0.5) is 21.6 Å². The van der Waals surface area contributed by atoms with Crippen LogP contribution in [-0.2, 0) is 0 Å². The molecule has 20 heavy (non-hydrogen) atoms. The van der Waals surface area contributed by atoms with Crippen molar-refractivity contribution in [2.75, 3.05) is 11.1 Å². The Kier molecular flexibility index (Phi) is 2.87. The highest BCUT2D eigenvalue weighted by atomic mass is 19.1. The Balaban J connectivity index is 2.15. The van der Waals surface area contributed by atoms with E-state index in [1.807, 2.05) is 0 Å². The fraction of sp³-hybridized carbons (Fsp3) is 0. The number of halogens is 1. The van der Waals surface area contributed by atoms with Crippen LogP contribution in [0.5, 0.6) is 5.75 Å². The van der Waals surface area contributed by atoms with Gasteiger partial charge in [0.05, 0.1) is 5.39 Å². The number of aromatic hydroxyl groups is 1. The average molecular weight is 269 g/mol. The van der Waals surface area contributed by atoms with E-state index < -0.39 is 5.82 Å². The fourth-order valence-corrected chi connectivity index (χ4v) is 2.10. The number of rotatable bonds is 2. The average Bonchev–Trinajstić information content (AvgIpc) is 2.43. The van der Waals surface area contributed by atoms with E-state index in [0.717, 1.165) is 0 Å². The Morgan fingerprint density at radius 1 is 1.15 bits per heavy atom. The zero-order valence-electron chi connectivity index (χ0n) is 10.5. The molecule has 3 aromatic rings. The molecule has 0 aliphatic rings. The minimum Gasteiger partial charge on any atom is -0.508 e. The van der Waals surface area contributed by atoms with Gasteiger partial charge in [-0.05, 0) is 30.3 Å². The third-order valence-electron chi connectivity index (χ3n) is 3.02. The Bertz CT molecular complexity index is 789. The number of aromatic nitrogens is 1. The summed E-state index contributed by atoms with van der Waals surface area (Å²) in [5.41, 5.74) is 6.96. The molecule has 0 bridgehead atoms. The van der Waals surface area contributed by atoms with Crippen molar-refractivity contribution in [2.24, 2.45) is 0 Å². The second kappa shape index (κ2) is 4.70. The molecule has 0 saturated carbocycles. The Labute approximate surface area is 114 Å². The summed E-state index contributed by atoms with van der Waals surface area (Å²) in [6, 6.07) is 11.0. The SMILES string of the molecule is Nc1ccc(F)c2c(Nc3cccc(O)c3)nccc12. The van der Waals surface area contributed by atoms with E-state index in [0.29, 0.717) is 28.0 Å².